The van der Waals surface area contributed by atoms with Crippen LogP contribution >= 0.6 is 12.6 Å². The second-order valence-electron chi connectivity index (χ2n) is 2.95. The van der Waals surface area contributed by atoms with E-state index < -0.39 is 9.28 Å². The maximum absolute atomic E-state index is 5.64. The topological polar surface area (TPSA) is 27.7 Å². The average Bonchev–Trinajstić information content (AvgIpc) is 2.22. The molecule has 0 spiro atoms. The predicted molar refractivity (Wildman–Crippen MR) is 64.5 cm³/mol. The van der Waals surface area contributed by atoms with Gasteiger partial charge in [0.2, 0.25) is 0 Å². The third kappa shape index (κ3) is 9.02. The Hall–Kier alpha value is 0.447. The Balaban J connectivity index is 3.24. The van der Waals surface area contributed by atoms with Gasteiger partial charge in [0, 0.05) is 26.9 Å². The van der Waals surface area contributed by atoms with Crippen LogP contribution in [-0.4, -0.2) is 42.0 Å². The first-order valence-corrected chi connectivity index (χ1v) is 7.57. The van der Waals surface area contributed by atoms with Crippen molar-refractivity contribution in [2.75, 3.05) is 32.7 Å². The van der Waals surface area contributed by atoms with Crippen LogP contribution in [0.15, 0.2) is 0 Å². The monoisotopic (exact) mass is 238 g/mol. The van der Waals surface area contributed by atoms with E-state index in [9.17, 15) is 0 Å². The fourth-order valence-corrected chi connectivity index (χ4v) is 3.08. The zero-order valence-electron chi connectivity index (χ0n) is 9.20. The molecule has 0 aromatic carbocycles. The fourth-order valence-electron chi connectivity index (χ4n) is 1.05. The highest BCUT2D eigenvalue weighted by Gasteiger charge is 2.09. The number of hydrogen-bond acceptors (Lipinski definition) is 4. The van der Waals surface area contributed by atoms with E-state index in [1.165, 1.54) is 0 Å². The summed E-state index contributed by atoms with van der Waals surface area (Å²) >= 11 is 4.16. The van der Waals surface area contributed by atoms with Crippen LogP contribution in [0.3, 0.4) is 0 Å². The minimum atomic E-state index is -1.39. The van der Waals surface area contributed by atoms with Crippen molar-refractivity contribution in [1.82, 2.24) is 0 Å². The molecule has 0 radical (unpaired) electrons. The van der Waals surface area contributed by atoms with Gasteiger partial charge >= 0.3 is 9.28 Å². The fraction of sp³-hybridized carbons (Fsp3) is 1.00. The molecule has 0 saturated carbocycles. The second kappa shape index (κ2) is 11.5. The van der Waals surface area contributed by atoms with Gasteiger partial charge in [-0.1, -0.05) is 0 Å². The second-order valence-corrected chi connectivity index (χ2v) is 5.64. The highest BCUT2D eigenvalue weighted by molar-refractivity contribution is 7.80. The molecule has 0 aliphatic carbocycles. The van der Waals surface area contributed by atoms with E-state index in [2.05, 4.69) is 12.6 Å². The van der Waals surface area contributed by atoms with Crippen LogP contribution < -0.4 is 0 Å². The lowest BCUT2D eigenvalue weighted by atomic mass is 10.5. The molecule has 14 heavy (non-hydrogen) atoms. The molecule has 0 aromatic heterocycles. The van der Waals surface area contributed by atoms with Crippen LogP contribution in [0.1, 0.15) is 19.8 Å². The lowest BCUT2D eigenvalue weighted by Crippen LogP contribution is -2.22. The van der Waals surface area contributed by atoms with Gasteiger partial charge in [-0.3, -0.25) is 0 Å². The summed E-state index contributed by atoms with van der Waals surface area (Å²) in [4.78, 5) is 0. The van der Waals surface area contributed by atoms with Crippen molar-refractivity contribution in [3.8, 4) is 0 Å². The van der Waals surface area contributed by atoms with Crippen LogP contribution in [0, 0.1) is 0 Å². The normalized spacial score (nSPS) is 13.1. The van der Waals surface area contributed by atoms with Gasteiger partial charge in [0.1, 0.15) is 0 Å². The minimum Gasteiger partial charge on any atom is -0.400 e. The van der Waals surface area contributed by atoms with Crippen molar-refractivity contribution in [1.29, 1.82) is 0 Å². The summed E-state index contributed by atoms with van der Waals surface area (Å²) in [5.74, 6) is 0.912. The molecule has 0 saturated heterocycles. The Bertz CT molecular complexity index is 116. The van der Waals surface area contributed by atoms with Crippen molar-refractivity contribution >= 4 is 21.9 Å². The average molecular weight is 238 g/mol. The van der Waals surface area contributed by atoms with Crippen molar-refractivity contribution in [2.24, 2.45) is 0 Å². The van der Waals surface area contributed by atoms with E-state index in [0.717, 1.165) is 44.5 Å². The van der Waals surface area contributed by atoms with E-state index in [1.807, 2.05) is 6.92 Å². The van der Waals surface area contributed by atoms with Crippen LogP contribution in [0.4, 0.5) is 0 Å². The molecule has 0 aliphatic heterocycles. The Morgan fingerprint density at radius 3 is 2.57 bits per heavy atom. The van der Waals surface area contributed by atoms with E-state index in [1.54, 1.807) is 7.11 Å². The molecule has 0 heterocycles. The predicted octanol–water partition coefficient (Wildman–Crippen LogP) is 1.62. The van der Waals surface area contributed by atoms with E-state index in [0.29, 0.717) is 0 Å². The van der Waals surface area contributed by atoms with E-state index in [4.69, 9.17) is 13.6 Å². The number of rotatable bonds is 10. The summed E-state index contributed by atoms with van der Waals surface area (Å²) < 4.78 is 16.2. The van der Waals surface area contributed by atoms with Crippen molar-refractivity contribution in [3.05, 3.63) is 0 Å². The molecule has 0 N–H and O–H groups in total. The zero-order chi connectivity index (χ0) is 10.6. The first-order chi connectivity index (χ1) is 6.85. The SMILES string of the molecule is CCOCCCO[SiH](CCCS)OC. The molecule has 0 aliphatic rings. The Kier molecular flexibility index (Phi) is 11.9. The molecule has 86 valence electrons. The maximum Gasteiger partial charge on any atom is 0.321 e. The summed E-state index contributed by atoms with van der Waals surface area (Å²) in [5, 5.41) is 0. The van der Waals surface area contributed by atoms with Crippen LogP contribution in [0.5, 0.6) is 0 Å². The quantitative estimate of drug-likeness (QED) is 0.356. The van der Waals surface area contributed by atoms with Gasteiger partial charge in [0.05, 0.1) is 0 Å². The lowest BCUT2D eigenvalue weighted by Gasteiger charge is -2.13. The molecule has 1 atom stereocenters. The number of ether oxygens (including phenoxy) is 1. The van der Waals surface area contributed by atoms with Crippen LogP contribution in [0.25, 0.3) is 0 Å². The molecule has 3 nitrogen and oxygen atoms in total. The van der Waals surface area contributed by atoms with Gasteiger partial charge in [-0.05, 0) is 31.6 Å². The van der Waals surface area contributed by atoms with Gasteiger partial charge in [0.15, 0.2) is 0 Å². The van der Waals surface area contributed by atoms with Crippen molar-refractivity contribution < 1.29 is 13.6 Å². The molecule has 0 rings (SSSR count). The summed E-state index contributed by atoms with van der Waals surface area (Å²) in [6.45, 7) is 4.33. The van der Waals surface area contributed by atoms with Crippen LogP contribution in [-0.2, 0) is 13.6 Å². The van der Waals surface area contributed by atoms with E-state index in [-0.39, 0.29) is 0 Å². The minimum absolute atomic E-state index is 0.761. The lowest BCUT2D eigenvalue weighted by molar-refractivity contribution is 0.124. The van der Waals surface area contributed by atoms with Crippen molar-refractivity contribution in [2.45, 2.75) is 25.8 Å². The van der Waals surface area contributed by atoms with Gasteiger partial charge in [0.25, 0.3) is 0 Å². The molecule has 0 amide bonds. The standard InChI is InChI=1S/C9H22O3SSi/c1-3-11-6-4-7-12-14(10-2)9-5-8-13/h13-14H,3-9H2,1-2H3. The Labute approximate surface area is 94.4 Å². The molecular weight excluding hydrogens is 216 g/mol. The van der Waals surface area contributed by atoms with Gasteiger partial charge in [-0.2, -0.15) is 12.6 Å². The van der Waals surface area contributed by atoms with Gasteiger partial charge in [-0.15, -0.1) is 0 Å². The summed E-state index contributed by atoms with van der Waals surface area (Å²) in [6.07, 6.45) is 2.04. The largest absolute Gasteiger partial charge is 0.400 e. The summed E-state index contributed by atoms with van der Waals surface area (Å²) in [6, 6.07) is 1.05. The first kappa shape index (κ1) is 14.4. The summed E-state index contributed by atoms with van der Waals surface area (Å²) in [7, 11) is 0.347. The van der Waals surface area contributed by atoms with Crippen molar-refractivity contribution in [3.63, 3.8) is 0 Å². The zero-order valence-corrected chi connectivity index (χ0v) is 11.2. The smallest absolute Gasteiger partial charge is 0.321 e. The first-order valence-electron chi connectivity index (χ1n) is 5.18. The third-order valence-corrected chi connectivity index (χ3v) is 4.13. The molecular formula is C9H22O3SSi. The molecule has 1 unspecified atom stereocenters. The molecule has 0 bridgehead atoms. The third-order valence-electron chi connectivity index (χ3n) is 1.80. The Morgan fingerprint density at radius 2 is 2.00 bits per heavy atom. The molecule has 5 heteroatoms. The highest BCUT2D eigenvalue weighted by atomic mass is 32.1. The molecule has 0 aromatic rings. The van der Waals surface area contributed by atoms with Crippen LogP contribution in [0.2, 0.25) is 6.04 Å². The van der Waals surface area contributed by atoms with E-state index >= 15 is 0 Å². The van der Waals surface area contributed by atoms with Gasteiger partial charge < -0.3 is 13.6 Å². The summed E-state index contributed by atoms with van der Waals surface area (Å²) in [5.41, 5.74) is 0. The van der Waals surface area contributed by atoms with Gasteiger partial charge in [-0.25, -0.2) is 0 Å². The highest BCUT2D eigenvalue weighted by Crippen LogP contribution is 2.02. The maximum atomic E-state index is 5.64. The number of hydrogen-bond donors (Lipinski definition) is 1. The number of thiol groups is 1. The molecule has 0 fully saturated rings. The Morgan fingerprint density at radius 1 is 1.21 bits per heavy atom.